The van der Waals surface area contributed by atoms with E-state index in [4.69, 9.17) is 16.3 Å². The van der Waals surface area contributed by atoms with Gasteiger partial charge >= 0.3 is 5.97 Å². The molecule has 0 bridgehead atoms. The van der Waals surface area contributed by atoms with E-state index in [1.807, 2.05) is 0 Å². The molecule has 0 saturated heterocycles. The Bertz CT molecular complexity index is 511. The summed E-state index contributed by atoms with van der Waals surface area (Å²) in [6.45, 7) is 0. The topological polar surface area (TPSA) is 66.8 Å². The van der Waals surface area contributed by atoms with E-state index in [2.05, 4.69) is 0 Å². The van der Waals surface area contributed by atoms with Gasteiger partial charge in [-0.05, 0) is 12.8 Å². The largest absolute Gasteiger partial charge is 0.504 e. The molecule has 4 nitrogen and oxygen atoms in total. The molecule has 2 rings (SSSR count). The van der Waals surface area contributed by atoms with Gasteiger partial charge in [-0.3, -0.25) is 4.79 Å². The van der Waals surface area contributed by atoms with Gasteiger partial charge < -0.3 is 14.9 Å². The van der Waals surface area contributed by atoms with E-state index in [0.29, 0.717) is 6.42 Å². The molecule has 0 aromatic heterocycles. The number of ether oxygens (including phenoxy) is 1. The Morgan fingerprint density at radius 1 is 1.56 bits per heavy atom. The number of hydrogen-bond donors (Lipinski definition) is 2. The van der Waals surface area contributed by atoms with Gasteiger partial charge in [-0.25, -0.2) is 4.39 Å². The average Bonchev–Trinajstić information content (AvgIpc) is 2.26. The zero-order valence-electron chi connectivity index (χ0n) is 9.67. The lowest BCUT2D eigenvalue weighted by Gasteiger charge is -2.38. The number of carboxylic acids is 1. The molecule has 0 atom stereocenters. The second kappa shape index (κ2) is 4.31. The van der Waals surface area contributed by atoms with Crippen molar-refractivity contribution in [2.24, 2.45) is 0 Å². The van der Waals surface area contributed by atoms with Gasteiger partial charge in [0.05, 0.1) is 23.1 Å². The standard InChI is InChI=1S/C12H12ClFO4/c1-18-7-5-6(13)9(14)8(10(7)15)12(11(16)17)3-2-4-12/h5,15H,2-4H2,1H3,(H,16,17). The Balaban J connectivity index is 2.70. The first kappa shape index (κ1) is 13.0. The fourth-order valence-corrected chi connectivity index (χ4v) is 2.48. The molecule has 1 saturated carbocycles. The Morgan fingerprint density at radius 3 is 2.56 bits per heavy atom. The summed E-state index contributed by atoms with van der Waals surface area (Å²) in [5.41, 5.74) is -1.67. The van der Waals surface area contributed by atoms with Gasteiger partial charge in [-0.1, -0.05) is 18.0 Å². The van der Waals surface area contributed by atoms with Crippen molar-refractivity contribution in [1.29, 1.82) is 0 Å². The van der Waals surface area contributed by atoms with Crippen molar-refractivity contribution in [1.82, 2.24) is 0 Å². The van der Waals surface area contributed by atoms with Crippen LogP contribution >= 0.6 is 11.6 Å². The van der Waals surface area contributed by atoms with E-state index in [1.54, 1.807) is 0 Å². The summed E-state index contributed by atoms with van der Waals surface area (Å²) < 4.78 is 18.9. The Kier molecular flexibility index (Phi) is 3.11. The average molecular weight is 275 g/mol. The number of hydrogen-bond acceptors (Lipinski definition) is 3. The molecule has 0 spiro atoms. The minimum Gasteiger partial charge on any atom is -0.504 e. The van der Waals surface area contributed by atoms with Crippen LogP contribution < -0.4 is 4.74 Å². The molecule has 0 radical (unpaired) electrons. The number of carbonyl (C=O) groups is 1. The number of phenols is 1. The molecular weight excluding hydrogens is 263 g/mol. The maximum absolute atomic E-state index is 14.0. The van der Waals surface area contributed by atoms with Gasteiger partial charge in [0, 0.05) is 6.07 Å². The highest BCUT2D eigenvalue weighted by Gasteiger charge is 2.50. The third-order valence-electron chi connectivity index (χ3n) is 3.47. The number of carboxylic acid groups (broad SMARTS) is 1. The molecule has 0 aliphatic heterocycles. The summed E-state index contributed by atoms with van der Waals surface area (Å²) in [5, 5.41) is 19.0. The second-order valence-corrected chi connectivity index (χ2v) is 4.75. The SMILES string of the molecule is COc1cc(Cl)c(F)c(C2(C(=O)O)CCC2)c1O. The molecule has 2 N–H and O–H groups in total. The molecule has 0 amide bonds. The maximum atomic E-state index is 14.0. The van der Waals surface area contributed by atoms with Gasteiger partial charge in [0.15, 0.2) is 11.5 Å². The lowest BCUT2D eigenvalue weighted by Crippen LogP contribution is -2.43. The number of phenolic OH excluding ortho intramolecular Hbond substituents is 1. The van der Waals surface area contributed by atoms with Crippen molar-refractivity contribution >= 4 is 17.6 Å². The summed E-state index contributed by atoms with van der Waals surface area (Å²) in [4.78, 5) is 11.4. The highest BCUT2D eigenvalue weighted by atomic mass is 35.5. The van der Waals surface area contributed by atoms with Gasteiger partial charge in [-0.15, -0.1) is 0 Å². The van der Waals surface area contributed by atoms with Gasteiger partial charge in [-0.2, -0.15) is 0 Å². The quantitative estimate of drug-likeness (QED) is 0.889. The molecular formula is C12H12ClFO4. The van der Waals surface area contributed by atoms with Crippen LogP contribution in [0.1, 0.15) is 24.8 Å². The monoisotopic (exact) mass is 274 g/mol. The lowest BCUT2D eigenvalue weighted by atomic mass is 9.64. The van der Waals surface area contributed by atoms with Gasteiger partial charge in [0.2, 0.25) is 0 Å². The van der Waals surface area contributed by atoms with E-state index in [0.717, 1.165) is 6.07 Å². The van der Waals surface area contributed by atoms with Crippen molar-refractivity contribution in [2.75, 3.05) is 7.11 Å². The predicted molar refractivity (Wildman–Crippen MR) is 62.8 cm³/mol. The van der Waals surface area contributed by atoms with Crippen LogP contribution in [0.3, 0.4) is 0 Å². The van der Waals surface area contributed by atoms with Crippen LogP contribution in [0.4, 0.5) is 4.39 Å². The molecule has 6 heteroatoms. The van der Waals surface area contributed by atoms with Crippen LogP contribution in [-0.2, 0) is 10.2 Å². The maximum Gasteiger partial charge on any atom is 0.314 e. The predicted octanol–water partition coefficient (Wildman–Crippen LogP) is 2.70. The highest BCUT2D eigenvalue weighted by molar-refractivity contribution is 6.31. The zero-order valence-corrected chi connectivity index (χ0v) is 10.4. The van der Waals surface area contributed by atoms with Crippen LogP contribution in [0, 0.1) is 5.82 Å². The van der Waals surface area contributed by atoms with E-state index >= 15 is 0 Å². The second-order valence-electron chi connectivity index (χ2n) is 4.34. The third kappa shape index (κ3) is 1.61. The molecule has 98 valence electrons. The lowest BCUT2D eigenvalue weighted by molar-refractivity contribution is -0.147. The first-order valence-corrected chi connectivity index (χ1v) is 5.80. The Labute approximate surface area is 108 Å². The number of aliphatic carboxylic acids is 1. The Hall–Kier alpha value is -1.49. The third-order valence-corrected chi connectivity index (χ3v) is 3.75. The van der Waals surface area contributed by atoms with Crippen LogP contribution in [0.15, 0.2) is 6.07 Å². The van der Waals surface area contributed by atoms with Crippen molar-refractivity contribution in [2.45, 2.75) is 24.7 Å². The van der Waals surface area contributed by atoms with E-state index in [-0.39, 0.29) is 29.2 Å². The number of methoxy groups -OCH3 is 1. The number of rotatable bonds is 3. The number of aromatic hydroxyl groups is 1. The fourth-order valence-electron chi connectivity index (χ4n) is 2.29. The summed E-state index contributed by atoms with van der Waals surface area (Å²) >= 11 is 5.70. The molecule has 18 heavy (non-hydrogen) atoms. The van der Waals surface area contributed by atoms with Gasteiger partial charge in [0.25, 0.3) is 0 Å². The van der Waals surface area contributed by atoms with Crippen molar-refractivity contribution in [3.63, 3.8) is 0 Å². The Morgan fingerprint density at radius 2 is 2.17 bits per heavy atom. The fraction of sp³-hybridized carbons (Fsp3) is 0.417. The summed E-state index contributed by atoms with van der Waals surface area (Å²) in [7, 11) is 1.29. The summed E-state index contributed by atoms with van der Waals surface area (Å²) in [6.07, 6.45) is 1.21. The molecule has 0 heterocycles. The molecule has 1 aliphatic carbocycles. The highest BCUT2D eigenvalue weighted by Crippen LogP contribution is 2.51. The van der Waals surface area contributed by atoms with Crippen LogP contribution in [0.5, 0.6) is 11.5 Å². The first-order chi connectivity index (χ1) is 8.44. The number of benzene rings is 1. The smallest absolute Gasteiger partial charge is 0.314 e. The first-order valence-electron chi connectivity index (χ1n) is 5.43. The van der Waals surface area contributed by atoms with Crippen molar-refractivity contribution < 1.29 is 24.1 Å². The molecule has 1 aliphatic rings. The van der Waals surface area contributed by atoms with E-state index < -0.39 is 23.0 Å². The minimum atomic E-state index is -1.40. The normalized spacial score (nSPS) is 17.1. The van der Waals surface area contributed by atoms with Crippen molar-refractivity contribution in [3.05, 3.63) is 22.5 Å². The molecule has 1 aromatic carbocycles. The number of halogens is 2. The summed E-state index contributed by atoms with van der Waals surface area (Å²) in [6, 6.07) is 1.13. The molecule has 1 aromatic rings. The van der Waals surface area contributed by atoms with Crippen molar-refractivity contribution in [3.8, 4) is 11.5 Å². The van der Waals surface area contributed by atoms with Crippen LogP contribution in [0.2, 0.25) is 5.02 Å². The molecule has 0 unspecified atom stereocenters. The minimum absolute atomic E-state index is 0.0241. The molecule has 1 fully saturated rings. The van der Waals surface area contributed by atoms with E-state index in [9.17, 15) is 19.4 Å². The van der Waals surface area contributed by atoms with Crippen LogP contribution in [0.25, 0.3) is 0 Å². The van der Waals surface area contributed by atoms with Crippen LogP contribution in [-0.4, -0.2) is 23.3 Å². The summed E-state index contributed by atoms with van der Waals surface area (Å²) in [5.74, 6) is -2.56. The van der Waals surface area contributed by atoms with Gasteiger partial charge in [0.1, 0.15) is 5.82 Å². The van der Waals surface area contributed by atoms with E-state index in [1.165, 1.54) is 7.11 Å². The zero-order chi connectivity index (χ0) is 13.5.